The van der Waals surface area contributed by atoms with Crippen LogP contribution in [-0.4, -0.2) is 49.3 Å². The number of carbonyl (C=O) groups is 1. The highest BCUT2D eigenvalue weighted by Crippen LogP contribution is 2.49. The van der Waals surface area contributed by atoms with Gasteiger partial charge in [0.1, 0.15) is 11.6 Å². The second-order valence-electron chi connectivity index (χ2n) is 8.77. The maximum atomic E-state index is 13.4. The highest BCUT2D eigenvalue weighted by molar-refractivity contribution is 5.95. The van der Waals surface area contributed by atoms with Crippen LogP contribution < -0.4 is 9.64 Å². The maximum absolute atomic E-state index is 13.4. The number of methoxy groups -OCH3 is 1. The van der Waals surface area contributed by atoms with Crippen LogP contribution >= 0.6 is 0 Å². The van der Waals surface area contributed by atoms with E-state index in [1.54, 1.807) is 7.11 Å². The number of likely N-dealkylation sites (tertiary alicyclic amines) is 1. The lowest BCUT2D eigenvalue weighted by Gasteiger charge is -2.44. The quantitative estimate of drug-likeness (QED) is 0.641. The molecule has 5 nitrogen and oxygen atoms in total. The molecular formula is C27H27FN2O3. The minimum absolute atomic E-state index is 0.0237. The monoisotopic (exact) mass is 446 g/mol. The van der Waals surface area contributed by atoms with Gasteiger partial charge in [0.05, 0.1) is 25.8 Å². The van der Waals surface area contributed by atoms with Gasteiger partial charge in [-0.05, 0) is 71.6 Å². The van der Waals surface area contributed by atoms with Crippen LogP contribution in [0.15, 0.2) is 66.7 Å². The van der Waals surface area contributed by atoms with Crippen LogP contribution in [0, 0.1) is 11.7 Å². The standard InChI is InChI=1S/C27H27FN2O3/c1-29-24-12-7-19(17-5-10-21(33-2)11-6-17)15-23(24)26-22(25(29)16-31)13-14-30(26)27(32)18-3-8-20(28)9-4-18/h3-12,15,22,25-26,31H,13-14,16H2,1-2H3/t22-,25+,26-/m1/s1. The largest absolute Gasteiger partial charge is 0.497 e. The van der Waals surface area contributed by atoms with Gasteiger partial charge < -0.3 is 19.6 Å². The van der Waals surface area contributed by atoms with Crippen LogP contribution in [0.4, 0.5) is 10.1 Å². The second kappa shape index (κ2) is 8.52. The fourth-order valence-corrected chi connectivity index (χ4v) is 5.40. The van der Waals surface area contributed by atoms with Crippen LogP contribution in [0.5, 0.6) is 5.75 Å². The first-order chi connectivity index (χ1) is 16.0. The summed E-state index contributed by atoms with van der Waals surface area (Å²) in [6.07, 6.45) is 0.805. The van der Waals surface area contributed by atoms with Gasteiger partial charge in [-0.15, -0.1) is 0 Å². The fourth-order valence-electron chi connectivity index (χ4n) is 5.40. The van der Waals surface area contributed by atoms with E-state index < -0.39 is 0 Å². The number of hydrogen-bond donors (Lipinski definition) is 1. The van der Waals surface area contributed by atoms with Crippen LogP contribution in [0.25, 0.3) is 11.1 Å². The number of carbonyl (C=O) groups excluding carboxylic acids is 1. The zero-order valence-corrected chi connectivity index (χ0v) is 18.7. The Balaban J connectivity index is 1.57. The van der Waals surface area contributed by atoms with Crippen LogP contribution in [0.1, 0.15) is 28.4 Å². The van der Waals surface area contributed by atoms with Gasteiger partial charge in [0.2, 0.25) is 0 Å². The Morgan fingerprint density at radius 3 is 2.42 bits per heavy atom. The number of benzene rings is 3. The topological polar surface area (TPSA) is 53.0 Å². The van der Waals surface area contributed by atoms with Crippen molar-refractivity contribution in [2.24, 2.45) is 5.92 Å². The number of amides is 1. The van der Waals surface area contributed by atoms with Gasteiger partial charge in [0.15, 0.2) is 0 Å². The molecule has 0 spiro atoms. The summed E-state index contributed by atoms with van der Waals surface area (Å²) in [5.74, 6) is 0.446. The molecule has 1 fully saturated rings. The zero-order chi connectivity index (χ0) is 23.1. The van der Waals surface area contributed by atoms with Crippen molar-refractivity contribution < 1.29 is 19.0 Å². The molecule has 33 heavy (non-hydrogen) atoms. The van der Waals surface area contributed by atoms with E-state index in [2.05, 4.69) is 23.1 Å². The van der Waals surface area contributed by atoms with Gasteiger partial charge >= 0.3 is 0 Å². The number of hydrogen-bond acceptors (Lipinski definition) is 4. The SMILES string of the molecule is COc1ccc(-c2ccc3c(c2)[C@H]2[C@H](CCN2C(=O)c2ccc(F)cc2)[C@H](CO)N3C)cc1. The summed E-state index contributed by atoms with van der Waals surface area (Å²) < 4.78 is 18.7. The third-order valence-corrected chi connectivity index (χ3v) is 7.12. The van der Waals surface area contributed by atoms with Crippen molar-refractivity contribution in [3.8, 4) is 16.9 Å². The first-order valence-electron chi connectivity index (χ1n) is 11.2. The van der Waals surface area contributed by atoms with Crippen molar-refractivity contribution in [3.05, 3.63) is 83.7 Å². The number of rotatable bonds is 4. The highest BCUT2D eigenvalue weighted by Gasteiger charge is 2.47. The lowest BCUT2D eigenvalue weighted by atomic mass is 9.81. The number of fused-ring (bicyclic) bond motifs is 3. The van der Waals surface area contributed by atoms with E-state index in [1.165, 1.54) is 24.3 Å². The second-order valence-corrected chi connectivity index (χ2v) is 8.77. The average molecular weight is 447 g/mol. The lowest BCUT2D eigenvalue weighted by molar-refractivity contribution is 0.0694. The zero-order valence-electron chi connectivity index (χ0n) is 18.7. The summed E-state index contributed by atoms with van der Waals surface area (Å²) in [5, 5.41) is 10.2. The minimum Gasteiger partial charge on any atom is -0.497 e. The Bertz CT molecular complexity index is 1160. The van der Waals surface area contributed by atoms with E-state index >= 15 is 0 Å². The van der Waals surface area contributed by atoms with Crippen molar-refractivity contribution in [1.82, 2.24) is 4.90 Å². The molecule has 3 aromatic carbocycles. The van der Waals surface area contributed by atoms with Gasteiger partial charge in [0, 0.05) is 30.8 Å². The van der Waals surface area contributed by atoms with Crippen molar-refractivity contribution >= 4 is 11.6 Å². The molecule has 1 N–H and O–H groups in total. The molecule has 0 aliphatic carbocycles. The number of halogens is 1. The minimum atomic E-state index is -0.361. The number of aliphatic hydroxyl groups is 1. The summed E-state index contributed by atoms with van der Waals surface area (Å²) >= 11 is 0. The molecule has 3 atom stereocenters. The summed E-state index contributed by atoms with van der Waals surface area (Å²) in [6.45, 7) is 0.623. The average Bonchev–Trinajstić information content (AvgIpc) is 3.29. The molecule has 5 rings (SSSR count). The molecule has 2 heterocycles. The molecule has 0 radical (unpaired) electrons. The molecule has 2 aliphatic rings. The first kappa shape index (κ1) is 21.5. The summed E-state index contributed by atoms with van der Waals surface area (Å²) in [5.41, 5.74) is 4.70. The van der Waals surface area contributed by atoms with Crippen LogP contribution in [0.2, 0.25) is 0 Å². The van der Waals surface area contributed by atoms with Gasteiger partial charge in [-0.2, -0.15) is 0 Å². The van der Waals surface area contributed by atoms with Crippen molar-refractivity contribution in [2.45, 2.75) is 18.5 Å². The third kappa shape index (κ3) is 3.64. The van der Waals surface area contributed by atoms with E-state index in [9.17, 15) is 14.3 Å². The van der Waals surface area contributed by atoms with E-state index in [1.807, 2.05) is 36.2 Å². The Hall–Kier alpha value is -3.38. The van der Waals surface area contributed by atoms with E-state index in [-0.39, 0.29) is 36.3 Å². The van der Waals surface area contributed by atoms with E-state index in [0.717, 1.165) is 34.5 Å². The van der Waals surface area contributed by atoms with Gasteiger partial charge in [-0.1, -0.05) is 18.2 Å². The smallest absolute Gasteiger partial charge is 0.254 e. The van der Waals surface area contributed by atoms with E-state index in [4.69, 9.17) is 4.74 Å². The number of aliphatic hydroxyl groups excluding tert-OH is 1. The molecule has 0 unspecified atom stereocenters. The van der Waals surface area contributed by atoms with Crippen molar-refractivity contribution in [1.29, 1.82) is 0 Å². The number of ether oxygens (including phenoxy) is 1. The highest BCUT2D eigenvalue weighted by atomic mass is 19.1. The molecule has 1 saturated heterocycles. The Morgan fingerprint density at radius 1 is 1.06 bits per heavy atom. The maximum Gasteiger partial charge on any atom is 0.254 e. The normalized spacial score (nSPS) is 21.5. The fraction of sp³-hybridized carbons (Fsp3) is 0.296. The summed E-state index contributed by atoms with van der Waals surface area (Å²) in [6, 6.07) is 19.7. The molecule has 170 valence electrons. The molecule has 6 heteroatoms. The van der Waals surface area contributed by atoms with E-state index in [0.29, 0.717) is 12.1 Å². The Morgan fingerprint density at radius 2 is 1.76 bits per heavy atom. The molecule has 0 aromatic heterocycles. The number of anilines is 1. The van der Waals surface area contributed by atoms with Gasteiger partial charge in [0.25, 0.3) is 5.91 Å². The summed E-state index contributed by atoms with van der Waals surface area (Å²) in [7, 11) is 3.65. The molecule has 3 aromatic rings. The molecule has 0 bridgehead atoms. The van der Waals surface area contributed by atoms with Crippen molar-refractivity contribution in [3.63, 3.8) is 0 Å². The Kier molecular flexibility index (Phi) is 5.54. The van der Waals surface area contributed by atoms with Gasteiger partial charge in [-0.25, -0.2) is 4.39 Å². The number of likely N-dealkylation sites (N-methyl/N-ethyl adjacent to an activating group) is 1. The Labute approximate surface area is 193 Å². The molecule has 1 amide bonds. The van der Waals surface area contributed by atoms with Crippen LogP contribution in [0.3, 0.4) is 0 Å². The predicted octanol–water partition coefficient (Wildman–Crippen LogP) is 4.52. The van der Waals surface area contributed by atoms with Crippen LogP contribution in [-0.2, 0) is 0 Å². The first-order valence-corrected chi connectivity index (χ1v) is 11.2. The third-order valence-electron chi connectivity index (χ3n) is 7.12. The molecular weight excluding hydrogens is 419 g/mol. The summed E-state index contributed by atoms with van der Waals surface area (Å²) in [4.78, 5) is 17.5. The van der Waals surface area contributed by atoms with Gasteiger partial charge in [-0.3, -0.25) is 4.79 Å². The predicted molar refractivity (Wildman–Crippen MR) is 126 cm³/mol. The number of nitrogens with zero attached hydrogens (tertiary/aromatic N) is 2. The molecule has 0 saturated carbocycles. The molecule has 2 aliphatic heterocycles. The lowest BCUT2D eigenvalue weighted by Crippen LogP contribution is -2.48. The van der Waals surface area contributed by atoms with Crippen molar-refractivity contribution in [2.75, 3.05) is 32.2 Å².